The molecule has 0 bridgehead atoms. The Morgan fingerprint density at radius 1 is 1.57 bits per heavy atom. The number of aryl methyl sites for hydroxylation is 1. The average Bonchev–Trinajstić information content (AvgIpc) is 2.39. The second-order valence-electron chi connectivity index (χ2n) is 5.93. The third-order valence-corrected chi connectivity index (χ3v) is 4.24. The van der Waals surface area contributed by atoms with Gasteiger partial charge in [0.05, 0.1) is 12.2 Å². The summed E-state index contributed by atoms with van der Waals surface area (Å²) in [5, 5.41) is 12.5. The third kappa shape index (κ3) is 4.25. The molecule has 1 aromatic heterocycles. The molecule has 116 valence electrons. The zero-order valence-electron chi connectivity index (χ0n) is 13.0. The number of hydrogen-bond acceptors (Lipinski definition) is 4. The van der Waals surface area contributed by atoms with Gasteiger partial charge in [0.25, 0.3) is 0 Å². The van der Waals surface area contributed by atoms with Crippen LogP contribution in [0.4, 0.5) is 0 Å². The summed E-state index contributed by atoms with van der Waals surface area (Å²) < 4.78 is 0. The topological polar surface area (TPSA) is 65.5 Å². The van der Waals surface area contributed by atoms with Crippen LogP contribution in [0.25, 0.3) is 0 Å². The maximum Gasteiger partial charge on any atom is 0.317 e. The molecule has 0 aromatic carbocycles. The lowest BCUT2D eigenvalue weighted by Gasteiger charge is -2.43. The van der Waals surface area contributed by atoms with Gasteiger partial charge in [-0.25, -0.2) is 0 Å². The molecule has 1 aliphatic carbocycles. The van der Waals surface area contributed by atoms with Gasteiger partial charge in [0, 0.05) is 24.3 Å². The minimum atomic E-state index is -0.745. The zero-order valence-corrected chi connectivity index (χ0v) is 13.0. The third-order valence-electron chi connectivity index (χ3n) is 4.24. The minimum Gasteiger partial charge on any atom is -0.480 e. The SMILES string of the molecule is CCN(CC(=O)O)C1CC(NC(C)c2cc(C)ccn2)C1. The first-order valence-electron chi connectivity index (χ1n) is 7.64. The highest BCUT2D eigenvalue weighted by atomic mass is 16.4. The predicted octanol–water partition coefficient (Wildman–Crippen LogP) is 1.98. The second-order valence-corrected chi connectivity index (χ2v) is 5.93. The lowest BCUT2D eigenvalue weighted by molar-refractivity contribution is -0.139. The number of nitrogens with zero attached hydrogens (tertiary/aromatic N) is 2. The zero-order chi connectivity index (χ0) is 15.4. The van der Waals surface area contributed by atoms with E-state index in [-0.39, 0.29) is 12.6 Å². The molecule has 1 aliphatic rings. The van der Waals surface area contributed by atoms with Crippen LogP contribution in [-0.4, -0.2) is 46.1 Å². The van der Waals surface area contributed by atoms with Gasteiger partial charge in [-0.2, -0.15) is 0 Å². The number of rotatable bonds is 7. The van der Waals surface area contributed by atoms with Crippen molar-refractivity contribution in [1.82, 2.24) is 15.2 Å². The number of hydrogen-bond donors (Lipinski definition) is 2. The molecule has 0 aliphatic heterocycles. The highest BCUT2D eigenvalue weighted by Crippen LogP contribution is 2.27. The van der Waals surface area contributed by atoms with Crippen LogP contribution < -0.4 is 5.32 Å². The molecular weight excluding hydrogens is 266 g/mol. The van der Waals surface area contributed by atoms with E-state index in [1.807, 2.05) is 24.1 Å². The highest BCUT2D eigenvalue weighted by molar-refractivity contribution is 5.69. The fourth-order valence-electron chi connectivity index (χ4n) is 2.93. The van der Waals surface area contributed by atoms with Crippen LogP contribution >= 0.6 is 0 Å². The Bertz CT molecular complexity index is 486. The van der Waals surface area contributed by atoms with Gasteiger partial charge in [-0.1, -0.05) is 6.92 Å². The number of pyridine rings is 1. The van der Waals surface area contributed by atoms with E-state index in [1.165, 1.54) is 5.56 Å². The van der Waals surface area contributed by atoms with Gasteiger partial charge in [-0.05, 0) is 50.9 Å². The van der Waals surface area contributed by atoms with E-state index in [0.29, 0.717) is 12.1 Å². The number of nitrogens with one attached hydrogen (secondary N) is 1. The molecule has 1 heterocycles. The Hall–Kier alpha value is -1.46. The lowest BCUT2D eigenvalue weighted by atomic mass is 9.84. The lowest BCUT2D eigenvalue weighted by Crippen LogP contribution is -2.54. The fourth-order valence-corrected chi connectivity index (χ4v) is 2.93. The molecule has 5 nitrogen and oxygen atoms in total. The molecule has 2 N–H and O–H groups in total. The Kier molecular flexibility index (Phi) is 5.31. The van der Waals surface area contributed by atoms with Crippen molar-refractivity contribution in [3.8, 4) is 0 Å². The molecule has 1 unspecified atom stereocenters. The first-order valence-corrected chi connectivity index (χ1v) is 7.64. The molecule has 0 radical (unpaired) electrons. The first kappa shape index (κ1) is 15.9. The van der Waals surface area contributed by atoms with E-state index in [2.05, 4.69) is 30.2 Å². The van der Waals surface area contributed by atoms with Crippen molar-refractivity contribution >= 4 is 5.97 Å². The van der Waals surface area contributed by atoms with Crippen molar-refractivity contribution < 1.29 is 9.90 Å². The largest absolute Gasteiger partial charge is 0.480 e. The van der Waals surface area contributed by atoms with Crippen molar-refractivity contribution in [2.75, 3.05) is 13.1 Å². The van der Waals surface area contributed by atoms with Gasteiger partial charge in [0.1, 0.15) is 0 Å². The number of carboxylic acid groups (broad SMARTS) is 1. The number of likely N-dealkylation sites (N-methyl/N-ethyl adjacent to an activating group) is 1. The molecule has 0 spiro atoms. The Morgan fingerprint density at radius 3 is 2.86 bits per heavy atom. The monoisotopic (exact) mass is 291 g/mol. The summed E-state index contributed by atoms with van der Waals surface area (Å²) in [7, 11) is 0. The maximum atomic E-state index is 10.8. The number of aliphatic carboxylic acids is 1. The molecule has 5 heteroatoms. The Morgan fingerprint density at radius 2 is 2.29 bits per heavy atom. The van der Waals surface area contributed by atoms with E-state index in [4.69, 9.17) is 5.11 Å². The summed E-state index contributed by atoms with van der Waals surface area (Å²) in [5.41, 5.74) is 2.29. The predicted molar refractivity (Wildman–Crippen MR) is 82.2 cm³/mol. The van der Waals surface area contributed by atoms with Crippen molar-refractivity contribution in [3.05, 3.63) is 29.6 Å². The van der Waals surface area contributed by atoms with E-state index < -0.39 is 5.97 Å². The van der Waals surface area contributed by atoms with E-state index in [9.17, 15) is 4.79 Å². The molecule has 1 atom stereocenters. The van der Waals surface area contributed by atoms with Gasteiger partial charge < -0.3 is 10.4 Å². The molecule has 1 aromatic rings. The van der Waals surface area contributed by atoms with Crippen LogP contribution in [0, 0.1) is 6.92 Å². The van der Waals surface area contributed by atoms with Crippen molar-refractivity contribution in [3.63, 3.8) is 0 Å². The van der Waals surface area contributed by atoms with Crippen LogP contribution in [0.1, 0.15) is 44.0 Å². The Labute approximate surface area is 126 Å². The standard InChI is InChI=1S/C16H25N3O2/c1-4-19(10-16(20)21)14-8-13(9-14)18-12(3)15-7-11(2)5-6-17-15/h5-7,12-14,18H,4,8-10H2,1-3H3,(H,20,21). The molecule has 2 rings (SSSR count). The van der Waals surface area contributed by atoms with E-state index >= 15 is 0 Å². The molecule has 0 saturated heterocycles. The molecule has 0 amide bonds. The summed E-state index contributed by atoms with van der Waals surface area (Å²) in [6.07, 6.45) is 3.87. The summed E-state index contributed by atoms with van der Waals surface area (Å²) in [5.74, 6) is -0.745. The normalized spacial score (nSPS) is 22.9. The smallest absolute Gasteiger partial charge is 0.317 e. The molecule has 21 heavy (non-hydrogen) atoms. The van der Waals surface area contributed by atoms with Crippen molar-refractivity contribution in [1.29, 1.82) is 0 Å². The van der Waals surface area contributed by atoms with Gasteiger partial charge in [0.15, 0.2) is 0 Å². The number of aromatic nitrogens is 1. The molecule has 1 fully saturated rings. The van der Waals surface area contributed by atoms with Crippen molar-refractivity contribution in [2.45, 2.75) is 51.7 Å². The summed E-state index contributed by atoms with van der Waals surface area (Å²) in [6.45, 7) is 7.15. The molecular formula is C16H25N3O2. The van der Waals surface area contributed by atoms with Crippen molar-refractivity contribution in [2.24, 2.45) is 0 Å². The summed E-state index contributed by atoms with van der Waals surface area (Å²) in [4.78, 5) is 17.3. The van der Waals surface area contributed by atoms with Crippen LogP contribution in [-0.2, 0) is 4.79 Å². The summed E-state index contributed by atoms with van der Waals surface area (Å²) in [6, 6.07) is 5.18. The van der Waals surface area contributed by atoms with Gasteiger partial charge in [-0.3, -0.25) is 14.7 Å². The van der Waals surface area contributed by atoms with E-state index in [0.717, 1.165) is 25.1 Å². The highest BCUT2D eigenvalue weighted by Gasteiger charge is 2.34. The van der Waals surface area contributed by atoms with Gasteiger partial charge >= 0.3 is 5.97 Å². The van der Waals surface area contributed by atoms with Crippen LogP contribution in [0.15, 0.2) is 18.3 Å². The fraction of sp³-hybridized carbons (Fsp3) is 0.625. The van der Waals surface area contributed by atoms with Crippen LogP contribution in [0.5, 0.6) is 0 Å². The number of carbonyl (C=O) groups is 1. The second kappa shape index (κ2) is 7.00. The number of carboxylic acids is 1. The van der Waals surface area contributed by atoms with Gasteiger partial charge in [0.2, 0.25) is 0 Å². The van der Waals surface area contributed by atoms with Crippen LogP contribution in [0.3, 0.4) is 0 Å². The summed E-state index contributed by atoms with van der Waals surface area (Å²) >= 11 is 0. The van der Waals surface area contributed by atoms with Gasteiger partial charge in [-0.15, -0.1) is 0 Å². The average molecular weight is 291 g/mol. The Balaban J connectivity index is 1.81. The quantitative estimate of drug-likeness (QED) is 0.804. The first-order chi connectivity index (χ1) is 9.99. The maximum absolute atomic E-state index is 10.8. The molecule has 1 saturated carbocycles. The van der Waals surface area contributed by atoms with E-state index in [1.54, 1.807) is 0 Å². The minimum absolute atomic E-state index is 0.142. The van der Waals surface area contributed by atoms with Crippen LogP contribution in [0.2, 0.25) is 0 Å².